The van der Waals surface area contributed by atoms with E-state index in [4.69, 9.17) is 0 Å². The second-order valence-corrected chi connectivity index (χ2v) is 10.4. The number of nitrogens with zero attached hydrogens (tertiary/aromatic N) is 5. The van der Waals surface area contributed by atoms with E-state index in [0.717, 1.165) is 10.4 Å². The van der Waals surface area contributed by atoms with Crippen molar-refractivity contribution in [3.8, 4) is 17.5 Å². The molecule has 2 aromatic carbocycles. The summed E-state index contributed by atoms with van der Waals surface area (Å²) in [5.41, 5.74) is 3.85. The molecule has 40 heavy (non-hydrogen) atoms. The van der Waals surface area contributed by atoms with E-state index in [0.29, 0.717) is 44.9 Å². The molecule has 0 bridgehead atoms. The molecule has 0 spiro atoms. The van der Waals surface area contributed by atoms with Gasteiger partial charge in [-0.05, 0) is 62.4 Å². The molecule has 1 unspecified atom stereocenters. The standard InChI is InChI=1S/C31H24N6O2S/c1-19(33-30(38)27-20(2)35-36-16-8-15-32-29(27)36)26-17-23-10-7-9-22(13-14-24-18-40-21(3)34-24)28(23)31(39)37(26)25-11-5-4-6-12-25/h4-12,15-19H,1-3H3,(H,33,38). The van der Waals surface area contributed by atoms with Gasteiger partial charge in [-0.15, -0.1) is 11.3 Å². The van der Waals surface area contributed by atoms with E-state index in [1.54, 1.807) is 34.5 Å². The summed E-state index contributed by atoms with van der Waals surface area (Å²) in [5.74, 6) is 5.93. The molecule has 0 aliphatic rings. The van der Waals surface area contributed by atoms with Crippen molar-refractivity contribution in [2.45, 2.75) is 26.8 Å². The molecule has 0 saturated carbocycles. The largest absolute Gasteiger partial charge is 0.344 e. The Morgan fingerprint density at radius 3 is 2.65 bits per heavy atom. The molecule has 4 aromatic heterocycles. The van der Waals surface area contributed by atoms with E-state index in [2.05, 4.69) is 32.2 Å². The molecule has 0 aliphatic heterocycles. The number of pyridine rings is 1. The van der Waals surface area contributed by atoms with Crippen molar-refractivity contribution in [2.75, 3.05) is 0 Å². The number of hydrogen-bond donors (Lipinski definition) is 1. The van der Waals surface area contributed by atoms with Gasteiger partial charge in [0.15, 0.2) is 5.65 Å². The summed E-state index contributed by atoms with van der Waals surface area (Å²) < 4.78 is 3.23. The first kappa shape index (κ1) is 25.2. The van der Waals surface area contributed by atoms with Crippen LogP contribution in [0.4, 0.5) is 0 Å². The Kier molecular flexibility index (Phi) is 6.46. The molecule has 6 rings (SSSR count). The second kappa shape index (κ2) is 10.2. The smallest absolute Gasteiger partial charge is 0.264 e. The Hall–Kier alpha value is -5.07. The molecule has 0 radical (unpaired) electrons. The van der Waals surface area contributed by atoms with E-state index >= 15 is 0 Å². The fourth-order valence-electron chi connectivity index (χ4n) is 4.81. The zero-order chi connectivity index (χ0) is 27.8. The number of fused-ring (bicyclic) bond motifs is 2. The maximum atomic E-state index is 14.2. The van der Waals surface area contributed by atoms with Crippen molar-refractivity contribution in [3.63, 3.8) is 0 Å². The molecule has 1 atom stereocenters. The molecular formula is C31H24N6O2S. The summed E-state index contributed by atoms with van der Waals surface area (Å²) in [6.07, 6.45) is 3.38. The minimum Gasteiger partial charge on any atom is -0.344 e. The average Bonchev–Trinajstić information content (AvgIpc) is 3.53. The number of para-hydroxylation sites is 1. The van der Waals surface area contributed by atoms with Gasteiger partial charge in [0.1, 0.15) is 11.3 Å². The van der Waals surface area contributed by atoms with Crippen molar-refractivity contribution >= 4 is 33.7 Å². The molecule has 4 heterocycles. The maximum absolute atomic E-state index is 14.2. The van der Waals surface area contributed by atoms with Crippen molar-refractivity contribution in [1.29, 1.82) is 0 Å². The number of rotatable bonds is 4. The second-order valence-electron chi connectivity index (χ2n) is 9.36. The normalized spacial score (nSPS) is 11.8. The van der Waals surface area contributed by atoms with Gasteiger partial charge in [-0.1, -0.05) is 36.3 Å². The van der Waals surface area contributed by atoms with Crippen molar-refractivity contribution < 1.29 is 4.79 Å². The quantitative estimate of drug-likeness (QED) is 0.315. The van der Waals surface area contributed by atoms with Crippen LogP contribution in [0.15, 0.2) is 83.2 Å². The Bertz CT molecular complexity index is 2030. The summed E-state index contributed by atoms with van der Waals surface area (Å²) >= 11 is 1.53. The summed E-state index contributed by atoms with van der Waals surface area (Å²) in [7, 11) is 0. The van der Waals surface area contributed by atoms with Crippen LogP contribution in [0.2, 0.25) is 0 Å². The van der Waals surface area contributed by atoms with Gasteiger partial charge in [-0.3, -0.25) is 14.2 Å². The van der Waals surface area contributed by atoms with Gasteiger partial charge in [0.05, 0.1) is 22.1 Å². The fraction of sp³-hybridized carbons (Fsp3) is 0.129. The van der Waals surface area contributed by atoms with Gasteiger partial charge >= 0.3 is 0 Å². The fourth-order valence-corrected chi connectivity index (χ4v) is 5.35. The van der Waals surface area contributed by atoms with Crippen LogP contribution in [-0.4, -0.2) is 30.1 Å². The molecule has 9 heteroatoms. The zero-order valence-electron chi connectivity index (χ0n) is 22.0. The van der Waals surface area contributed by atoms with Crippen molar-refractivity contribution in [3.05, 3.63) is 122 Å². The first-order chi connectivity index (χ1) is 19.4. The van der Waals surface area contributed by atoms with Crippen LogP contribution in [0.3, 0.4) is 0 Å². The molecule has 0 aliphatic carbocycles. The number of carbonyl (C=O) groups excluding carboxylic acids is 1. The number of aryl methyl sites for hydroxylation is 2. The van der Waals surface area contributed by atoms with Crippen LogP contribution in [0.1, 0.15) is 51.0 Å². The third kappa shape index (κ3) is 4.55. The minimum atomic E-state index is -0.518. The molecule has 1 N–H and O–H groups in total. The molecule has 6 aromatic rings. The van der Waals surface area contributed by atoms with E-state index < -0.39 is 6.04 Å². The first-order valence-corrected chi connectivity index (χ1v) is 13.6. The van der Waals surface area contributed by atoms with E-state index in [9.17, 15) is 9.59 Å². The third-order valence-electron chi connectivity index (χ3n) is 6.62. The average molecular weight is 545 g/mol. The van der Waals surface area contributed by atoms with E-state index in [1.165, 1.54) is 11.3 Å². The highest BCUT2D eigenvalue weighted by molar-refractivity contribution is 7.09. The van der Waals surface area contributed by atoms with Crippen molar-refractivity contribution in [2.24, 2.45) is 0 Å². The summed E-state index contributed by atoms with van der Waals surface area (Å²) in [4.78, 5) is 36.4. The number of amides is 1. The number of nitrogens with one attached hydrogen (secondary N) is 1. The molecule has 1 amide bonds. The molecule has 8 nitrogen and oxygen atoms in total. The summed E-state index contributed by atoms with van der Waals surface area (Å²) in [5, 5.41) is 11.6. The molecule has 196 valence electrons. The monoisotopic (exact) mass is 544 g/mol. The minimum absolute atomic E-state index is 0.215. The summed E-state index contributed by atoms with van der Waals surface area (Å²) in [6, 6.07) is 18.2. The lowest BCUT2D eigenvalue weighted by molar-refractivity contribution is 0.0939. The lowest BCUT2D eigenvalue weighted by atomic mass is 10.0. The Labute approximate surface area is 234 Å². The van der Waals surface area contributed by atoms with E-state index in [-0.39, 0.29) is 11.5 Å². The van der Waals surface area contributed by atoms with Gasteiger partial charge < -0.3 is 5.32 Å². The van der Waals surface area contributed by atoms with Crippen LogP contribution >= 0.6 is 11.3 Å². The highest BCUT2D eigenvalue weighted by Gasteiger charge is 2.23. The van der Waals surface area contributed by atoms with E-state index in [1.807, 2.05) is 73.8 Å². The summed E-state index contributed by atoms with van der Waals surface area (Å²) in [6.45, 7) is 5.57. The van der Waals surface area contributed by atoms with Gasteiger partial charge in [-0.25, -0.2) is 14.5 Å². The van der Waals surface area contributed by atoms with Crippen LogP contribution in [-0.2, 0) is 0 Å². The maximum Gasteiger partial charge on any atom is 0.264 e. The lowest BCUT2D eigenvalue weighted by Crippen LogP contribution is -2.32. The van der Waals surface area contributed by atoms with Crippen LogP contribution < -0.4 is 10.9 Å². The SMILES string of the molecule is Cc1nc(C#Cc2cccc3cc(C(C)NC(=O)c4c(C)nn5cccnc45)n(-c4ccccc4)c(=O)c23)cs1. The van der Waals surface area contributed by atoms with Crippen molar-refractivity contribution in [1.82, 2.24) is 29.5 Å². The number of benzene rings is 2. The Morgan fingerprint density at radius 1 is 1.05 bits per heavy atom. The predicted octanol–water partition coefficient (Wildman–Crippen LogP) is 5.00. The molecule has 0 fully saturated rings. The van der Waals surface area contributed by atoms with Gasteiger partial charge in [0.25, 0.3) is 11.5 Å². The highest BCUT2D eigenvalue weighted by Crippen LogP contribution is 2.24. The third-order valence-corrected chi connectivity index (χ3v) is 7.40. The highest BCUT2D eigenvalue weighted by atomic mass is 32.1. The predicted molar refractivity (Wildman–Crippen MR) is 156 cm³/mol. The Morgan fingerprint density at radius 2 is 1.88 bits per heavy atom. The number of carbonyl (C=O) groups is 1. The first-order valence-electron chi connectivity index (χ1n) is 12.7. The van der Waals surface area contributed by atoms with Crippen LogP contribution in [0.5, 0.6) is 0 Å². The lowest BCUT2D eigenvalue weighted by Gasteiger charge is -2.21. The molecule has 0 saturated heterocycles. The number of thiazole rings is 1. The molecular weight excluding hydrogens is 520 g/mol. The van der Waals surface area contributed by atoms with Gasteiger partial charge in [-0.2, -0.15) is 5.10 Å². The topological polar surface area (TPSA) is 94.2 Å². The number of hydrogen-bond acceptors (Lipinski definition) is 6. The Balaban J connectivity index is 1.48. The van der Waals surface area contributed by atoms with Crippen LogP contribution in [0, 0.1) is 25.7 Å². The van der Waals surface area contributed by atoms with Crippen LogP contribution in [0.25, 0.3) is 22.1 Å². The van der Waals surface area contributed by atoms with Gasteiger partial charge in [0, 0.05) is 34.7 Å². The zero-order valence-corrected chi connectivity index (χ0v) is 22.9. The van der Waals surface area contributed by atoms with Gasteiger partial charge in [0.2, 0.25) is 0 Å². The number of aromatic nitrogens is 5.